The fourth-order valence-electron chi connectivity index (χ4n) is 2.67. The van der Waals surface area contributed by atoms with E-state index in [2.05, 4.69) is 12.2 Å². The van der Waals surface area contributed by atoms with Gasteiger partial charge in [-0.1, -0.05) is 19.8 Å². The lowest BCUT2D eigenvalue weighted by molar-refractivity contribution is -0.149. The van der Waals surface area contributed by atoms with Crippen molar-refractivity contribution in [3.05, 3.63) is 11.3 Å². The predicted octanol–water partition coefficient (Wildman–Crippen LogP) is 0.952. The van der Waals surface area contributed by atoms with Crippen molar-refractivity contribution in [1.29, 1.82) is 0 Å². The first-order chi connectivity index (χ1) is 11.0. The second-order valence-corrected chi connectivity index (χ2v) is 6.69. The van der Waals surface area contributed by atoms with Crippen LogP contribution in [0.5, 0.6) is 0 Å². The Morgan fingerprint density at radius 3 is 2.78 bits per heavy atom. The summed E-state index contributed by atoms with van der Waals surface area (Å²) in [6.07, 6.45) is 3.20. The summed E-state index contributed by atoms with van der Waals surface area (Å²) in [5, 5.41) is 12.4. The molecule has 2 aliphatic rings. The van der Waals surface area contributed by atoms with Crippen LogP contribution in [0.15, 0.2) is 11.3 Å². The number of unbranched alkanes of at least 4 members (excludes halogenated alkanes) is 2. The van der Waals surface area contributed by atoms with Crippen molar-refractivity contribution < 1.29 is 24.2 Å². The zero-order chi connectivity index (χ0) is 17.0. The highest BCUT2D eigenvalue weighted by molar-refractivity contribution is 8.00. The molecule has 2 atom stereocenters. The molecular weight excluding hydrogens is 320 g/mol. The van der Waals surface area contributed by atoms with Crippen LogP contribution in [-0.4, -0.2) is 58.2 Å². The number of ether oxygens (including phenoxy) is 1. The molecule has 0 aromatic rings. The molecule has 2 heterocycles. The van der Waals surface area contributed by atoms with Crippen LogP contribution < -0.4 is 5.32 Å². The number of esters is 1. The Labute approximate surface area is 139 Å². The van der Waals surface area contributed by atoms with Gasteiger partial charge < -0.3 is 15.2 Å². The highest BCUT2D eigenvalue weighted by Gasteiger charge is 2.53. The van der Waals surface area contributed by atoms with Crippen molar-refractivity contribution in [2.24, 2.45) is 0 Å². The van der Waals surface area contributed by atoms with Gasteiger partial charge in [-0.25, -0.2) is 4.79 Å². The van der Waals surface area contributed by atoms with Crippen molar-refractivity contribution in [2.75, 3.05) is 18.9 Å². The number of carbonyl (C=O) groups is 3. The van der Waals surface area contributed by atoms with Gasteiger partial charge in [0.1, 0.15) is 23.7 Å². The molecule has 2 rings (SSSR count). The first-order valence-electron chi connectivity index (χ1n) is 7.74. The lowest BCUT2D eigenvalue weighted by Crippen LogP contribution is -2.70. The highest BCUT2D eigenvalue weighted by atomic mass is 32.2. The molecule has 0 aromatic carbocycles. The third-order valence-corrected chi connectivity index (χ3v) is 5.18. The monoisotopic (exact) mass is 342 g/mol. The number of hydrogen-bond donors (Lipinski definition) is 2. The smallest absolute Gasteiger partial charge is 0.352 e. The van der Waals surface area contributed by atoms with Crippen molar-refractivity contribution >= 4 is 29.6 Å². The second kappa shape index (κ2) is 7.83. The summed E-state index contributed by atoms with van der Waals surface area (Å²) in [5.74, 6) is -1.41. The van der Waals surface area contributed by atoms with Crippen molar-refractivity contribution in [3.63, 3.8) is 0 Å². The lowest BCUT2D eigenvalue weighted by atomic mass is 10.0. The number of carbonyl (C=O) groups excluding carboxylic acids is 2. The molecule has 0 spiro atoms. The Hall–Kier alpha value is -1.54. The largest absolute Gasteiger partial charge is 0.477 e. The Morgan fingerprint density at radius 2 is 2.17 bits per heavy atom. The van der Waals surface area contributed by atoms with E-state index in [0.717, 1.165) is 25.8 Å². The quantitative estimate of drug-likeness (QED) is 0.385. The van der Waals surface area contributed by atoms with E-state index in [0.29, 0.717) is 11.3 Å². The molecule has 2 N–H and O–H groups in total. The van der Waals surface area contributed by atoms with E-state index < -0.39 is 11.9 Å². The Balaban J connectivity index is 2.04. The first-order valence-corrected chi connectivity index (χ1v) is 8.79. The summed E-state index contributed by atoms with van der Waals surface area (Å²) in [4.78, 5) is 36.1. The van der Waals surface area contributed by atoms with Gasteiger partial charge in [0.25, 0.3) is 0 Å². The summed E-state index contributed by atoms with van der Waals surface area (Å²) >= 11 is 1.50. The van der Waals surface area contributed by atoms with Crippen molar-refractivity contribution in [2.45, 2.75) is 44.5 Å². The van der Waals surface area contributed by atoms with Gasteiger partial charge in [0.15, 0.2) is 0 Å². The fraction of sp³-hybridized carbons (Fsp3) is 0.667. The number of nitrogens with zero attached hydrogens (tertiary/aromatic N) is 1. The van der Waals surface area contributed by atoms with Crippen LogP contribution >= 0.6 is 11.8 Å². The van der Waals surface area contributed by atoms with Crippen LogP contribution in [-0.2, 0) is 19.1 Å². The normalized spacial score (nSPS) is 23.4. The number of rotatable bonds is 8. The molecule has 8 heteroatoms. The zero-order valence-corrected chi connectivity index (χ0v) is 14.1. The average molecular weight is 342 g/mol. The molecule has 0 aliphatic carbocycles. The molecule has 7 nitrogen and oxygen atoms in total. The van der Waals surface area contributed by atoms with E-state index in [1.165, 1.54) is 23.6 Å². The molecule has 1 amide bonds. The summed E-state index contributed by atoms with van der Waals surface area (Å²) in [6, 6.07) is -0.332. The molecule has 1 saturated heterocycles. The minimum absolute atomic E-state index is 0.0355. The SMILES string of the molecule is CCCCCN[C@H]1C(=O)N2C(C(=O)O)=C(COC(C)=O)CS[C@H]12. The Kier molecular flexibility index (Phi) is 6.06. The van der Waals surface area contributed by atoms with Crippen LogP contribution in [0.1, 0.15) is 33.1 Å². The molecular formula is C15H22N2O5S. The highest BCUT2D eigenvalue weighted by Crippen LogP contribution is 2.40. The summed E-state index contributed by atoms with van der Waals surface area (Å²) in [7, 11) is 0. The van der Waals surface area contributed by atoms with Crippen LogP contribution in [0.25, 0.3) is 0 Å². The van der Waals surface area contributed by atoms with Crippen LogP contribution in [0, 0.1) is 0 Å². The summed E-state index contributed by atoms with van der Waals surface area (Å²) in [5.41, 5.74) is 0.429. The molecule has 1 fully saturated rings. The van der Waals surface area contributed by atoms with Gasteiger partial charge in [-0.15, -0.1) is 11.8 Å². The molecule has 128 valence electrons. The number of carboxylic acids is 1. The van der Waals surface area contributed by atoms with Crippen LogP contribution in [0.2, 0.25) is 0 Å². The van der Waals surface area contributed by atoms with E-state index in [-0.39, 0.29) is 29.6 Å². The van der Waals surface area contributed by atoms with E-state index in [9.17, 15) is 19.5 Å². The molecule has 0 bridgehead atoms. The molecule has 0 radical (unpaired) electrons. The standard InChI is InChI=1S/C15H22N2O5S/c1-3-4-5-6-16-11-13(19)17-12(15(20)21)10(7-22-9(2)18)8-23-14(11)17/h11,14,16H,3-8H2,1-2H3,(H,20,21)/t11-,14+/m0/s1. The number of hydrogen-bond acceptors (Lipinski definition) is 6. The number of β-lactam (4-membered cyclic amide) rings is 1. The van der Waals surface area contributed by atoms with Crippen LogP contribution in [0.3, 0.4) is 0 Å². The summed E-state index contributed by atoms with van der Waals surface area (Å²) < 4.78 is 4.90. The fourth-order valence-corrected chi connectivity index (χ4v) is 4.03. The third kappa shape index (κ3) is 3.87. The number of thioether (sulfide) groups is 1. The van der Waals surface area contributed by atoms with Crippen molar-refractivity contribution in [1.82, 2.24) is 10.2 Å². The minimum atomic E-state index is -1.16. The first kappa shape index (κ1) is 17.8. The third-order valence-electron chi connectivity index (χ3n) is 3.84. The predicted molar refractivity (Wildman–Crippen MR) is 85.7 cm³/mol. The van der Waals surface area contributed by atoms with Crippen LogP contribution in [0.4, 0.5) is 0 Å². The number of fused-ring (bicyclic) bond motifs is 1. The zero-order valence-electron chi connectivity index (χ0n) is 13.3. The maximum atomic E-state index is 12.3. The summed E-state index contributed by atoms with van der Waals surface area (Å²) in [6.45, 7) is 4.04. The number of amides is 1. The lowest BCUT2D eigenvalue weighted by Gasteiger charge is -2.49. The maximum absolute atomic E-state index is 12.3. The van der Waals surface area contributed by atoms with Gasteiger partial charge >= 0.3 is 11.9 Å². The van der Waals surface area contributed by atoms with E-state index in [1.807, 2.05) is 0 Å². The Bertz CT molecular complexity index is 534. The molecule has 0 saturated carbocycles. The average Bonchev–Trinajstić information content (AvgIpc) is 2.51. The maximum Gasteiger partial charge on any atom is 0.352 e. The van der Waals surface area contributed by atoms with E-state index >= 15 is 0 Å². The number of aliphatic carboxylic acids is 1. The van der Waals surface area contributed by atoms with Gasteiger partial charge in [0.05, 0.1) is 0 Å². The molecule has 0 aromatic heterocycles. The number of carboxylic acid groups (broad SMARTS) is 1. The van der Waals surface area contributed by atoms with Crippen molar-refractivity contribution in [3.8, 4) is 0 Å². The number of nitrogens with one attached hydrogen (secondary N) is 1. The Morgan fingerprint density at radius 1 is 1.43 bits per heavy atom. The minimum Gasteiger partial charge on any atom is -0.477 e. The molecule has 2 aliphatic heterocycles. The van der Waals surface area contributed by atoms with Gasteiger partial charge in [-0.3, -0.25) is 14.5 Å². The topological polar surface area (TPSA) is 95.9 Å². The second-order valence-electron chi connectivity index (χ2n) is 5.59. The van der Waals surface area contributed by atoms with E-state index in [4.69, 9.17) is 4.74 Å². The molecule has 0 unspecified atom stereocenters. The van der Waals surface area contributed by atoms with Gasteiger partial charge in [0, 0.05) is 18.2 Å². The van der Waals surface area contributed by atoms with E-state index in [1.54, 1.807) is 0 Å². The van der Waals surface area contributed by atoms with Gasteiger partial charge in [-0.05, 0) is 13.0 Å². The van der Waals surface area contributed by atoms with Gasteiger partial charge in [0.2, 0.25) is 5.91 Å². The van der Waals surface area contributed by atoms with Gasteiger partial charge in [-0.2, -0.15) is 0 Å². The molecule has 23 heavy (non-hydrogen) atoms.